The number of benzene rings is 1. The lowest BCUT2D eigenvalue weighted by molar-refractivity contribution is -0.120. The van der Waals surface area contributed by atoms with Crippen LogP contribution in [0.25, 0.3) is 0 Å². The summed E-state index contributed by atoms with van der Waals surface area (Å²) in [5, 5.41) is 2.61. The van der Waals surface area contributed by atoms with Gasteiger partial charge in [-0.3, -0.25) is 4.79 Å². The smallest absolute Gasteiger partial charge is 0.220 e. The molecule has 0 bridgehead atoms. The van der Waals surface area contributed by atoms with E-state index in [9.17, 15) is 4.79 Å². The lowest BCUT2D eigenvalue weighted by Gasteiger charge is -2.01. The molecule has 0 fully saturated rings. The van der Waals surface area contributed by atoms with Crippen molar-refractivity contribution in [3.63, 3.8) is 0 Å². The van der Waals surface area contributed by atoms with Gasteiger partial charge in [0, 0.05) is 13.5 Å². The van der Waals surface area contributed by atoms with E-state index in [1.54, 1.807) is 7.05 Å². The molecule has 0 aromatic heterocycles. The molecule has 0 unspecified atom stereocenters. The Bertz CT molecular complexity index is 294. The molecule has 2 heteroatoms. The molecule has 0 radical (unpaired) electrons. The predicted molar refractivity (Wildman–Crippen MR) is 53.6 cm³/mol. The molecule has 1 aromatic rings. The number of nitrogens with one attached hydrogen (secondary N) is 1. The summed E-state index contributed by atoms with van der Waals surface area (Å²) in [6.07, 6.45) is 1.39. The molecule has 0 spiro atoms. The highest BCUT2D eigenvalue weighted by Gasteiger charge is 1.98. The minimum atomic E-state index is 0.0986. The Morgan fingerprint density at radius 1 is 1.46 bits per heavy atom. The summed E-state index contributed by atoms with van der Waals surface area (Å²) in [6.45, 7) is 2.06. The molecule has 0 aliphatic heterocycles. The highest BCUT2D eigenvalue weighted by Crippen LogP contribution is 2.06. The maximum absolute atomic E-state index is 11.0. The van der Waals surface area contributed by atoms with Gasteiger partial charge in [0.2, 0.25) is 5.91 Å². The van der Waals surface area contributed by atoms with Gasteiger partial charge in [0.05, 0.1) is 0 Å². The van der Waals surface area contributed by atoms with Crippen LogP contribution in [0.4, 0.5) is 0 Å². The first-order valence-corrected chi connectivity index (χ1v) is 4.48. The van der Waals surface area contributed by atoms with Crippen LogP contribution in [0.15, 0.2) is 24.3 Å². The summed E-state index contributed by atoms with van der Waals surface area (Å²) in [6, 6.07) is 8.25. The monoisotopic (exact) mass is 177 g/mol. The average Bonchev–Trinajstić information content (AvgIpc) is 2.14. The number of rotatable bonds is 3. The largest absolute Gasteiger partial charge is 0.359 e. The van der Waals surface area contributed by atoms with Crippen molar-refractivity contribution in [3.05, 3.63) is 35.4 Å². The molecule has 2 nitrogen and oxygen atoms in total. The lowest BCUT2D eigenvalue weighted by Crippen LogP contribution is -2.17. The van der Waals surface area contributed by atoms with Crippen molar-refractivity contribution in [2.75, 3.05) is 7.05 Å². The van der Waals surface area contributed by atoms with Crippen LogP contribution in [-0.4, -0.2) is 13.0 Å². The fraction of sp³-hybridized carbons (Fsp3) is 0.364. The van der Waals surface area contributed by atoms with E-state index in [0.29, 0.717) is 6.42 Å². The quantitative estimate of drug-likeness (QED) is 0.747. The maximum atomic E-state index is 11.0. The Balaban J connectivity index is 2.50. The van der Waals surface area contributed by atoms with E-state index < -0.39 is 0 Å². The summed E-state index contributed by atoms with van der Waals surface area (Å²) in [4.78, 5) is 11.0. The molecule has 70 valence electrons. The number of aryl methyl sites for hydroxylation is 2. The van der Waals surface area contributed by atoms with Crippen LogP contribution in [0.1, 0.15) is 17.5 Å². The van der Waals surface area contributed by atoms with E-state index in [1.165, 1.54) is 11.1 Å². The van der Waals surface area contributed by atoms with Crippen LogP contribution in [0.2, 0.25) is 0 Å². The lowest BCUT2D eigenvalue weighted by atomic mass is 10.1. The molecular formula is C11H15NO. The topological polar surface area (TPSA) is 29.1 Å². The Kier molecular flexibility index (Phi) is 3.50. The van der Waals surface area contributed by atoms with E-state index in [4.69, 9.17) is 0 Å². The van der Waals surface area contributed by atoms with E-state index >= 15 is 0 Å². The summed E-state index contributed by atoms with van der Waals surface area (Å²) in [5.74, 6) is 0.0986. The van der Waals surface area contributed by atoms with Gasteiger partial charge in [-0.05, 0) is 18.9 Å². The van der Waals surface area contributed by atoms with Gasteiger partial charge < -0.3 is 5.32 Å². The molecule has 0 saturated heterocycles. The van der Waals surface area contributed by atoms with Gasteiger partial charge >= 0.3 is 0 Å². The summed E-state index contributed by atoms with van der Waals surface area (Å²) < 4.78 is 0. The van der Waals surface area contributed by atoms with E-state index in [0.717, 1.165) is 6.42 Å². The van der Waals surface area contributed by atoms with Crippen LogP contribution in [0, 0.1) is 6.92 Å². The third-order valence-corrected chi connectivity index (χ3v) is 2.00. The molecule has 1 amide bonds. The zero-order chi connectivity index (χ0) is 9.68. The van der Waals surface area contributed by atoms with E-state index in [1.807, 2.05) is 6.07 Å². The molecule has 0 saturated carbocycles. The maximum Gasteiger partial charge on any atom is 0.220 e. The second-order valence-corrected chi connectivity index (χ2v) is 3.16. The van der Waals surface area contributed by atoms with Gasteiger partial charge in [0.1, 0.15) is 0 Å². The van der Waals surface area contributed by atoms with Crippen LogP contribution in [-0.2, 0) is 11.2 Å². The molecule has 0 aliphatic rings. The average molecular weight is 177 g/mol. The van der Waals surface area contributed by atoms with Crippen molar-refractivity contribution in [3.8, 4) is 0 Å². The van der Waals surface area contributed by atoms with Crippen molar-refractivity contribution < 1.29 is 4.79 Å². The van der Waals surface area contributed by atoms with Gasteiger partial charge in [-0.2, -0.15) is 0 Å². The van der Waals surface area contributed by atoms with E-state index in [2.05, 4.69) is 30.4 Å². The first-order valence-electron chi connectivity index (χ1n) is 4.48. The van der Waals surface area contributed by atoms with Gasteiger partial charge in [-0.15, -0.1) is 0 Å². The normalized spacial score (nSPS) is 9.69. The molecule has 1 N–H and O–H groups in total. The Hall–Kier alpha value is -1.31. The standard InChI is InChI=1S/C11H15NO/c1-9-4-3-5-10(8-9)6-7-11(13)12-2/h3-5,8H,6-7H2,1-2H3,(H,12,13). The van der Waals surface area contributed by atoms with Crippen LogP contribution >= 0.6 is 0 Å². The van der Waals surface area contributed by atoms with Crippen LogP contribution < -0.4 is 5.32 Å². The summed E-state index contributed by atoms with van der Waals surface area (Å²) in [5.41, 5.74) is 2.47. The third-order valence-electron chi connectivity index (χ3n) is 2.00. The van der Waals surface area contributed by atoms with Crippen LogP contribution in [0.5, 0.6) is 0 Å². The van der Waals surface area contributed by atoms with Crippen molar-refractivity contribution in [1.29, 1.82) is 0 Å². The van der Waals surface area contributed by atoms with Crippen molar-refractivity contribution in [2.45, 2.75) is 19.8 Å². The number of carbonyl (C=O) groups excluding carboxylic acids is 1. The third kappa shape index (κ3) is 3.28. The van der Waals surface area contributed by atoms with Gasteiger partial charge in [-0.25, -0.2) is 0 Å². The Labute approximate surface area is 79.0 Å². The van der Waals surface area contributed by atoms with Gasteiger partial charge in [-0.1, -0.05) is 29.8 Å². The van der Waals surface area contributed by atoms with Gasteiger partial charge in [0.25, 0.3) is 0 Å². The number of hydrogen-bond donors (Lipinski definition) is 1. The second-order valence-electron chi connectivity index (χ2n) is 3.16. The number of carbonyl (C=O) groups is 1. The second kappa shape index (κ2) is 4.65. The molecular weight excluding hydrogens is 162 g/mol. The number of amides is 1. The van der Waals surface area contributed by atoms with Crippen molar-refractivity contribution in [1.82, 2.24) is 5.32 Å². The molecule has 1 rings (SSSR count). The van der Waals surface area contributed by atoms with E-state index in [-0.39, 0.29) is 5.91 Å². The fourth-order valence-corrected chi connectivity index (χ4v) is 1.25. The minimum absolute atomic E-state index is 0.0986. The zero-order valence-corrected chi connectivity index (χ0v) is 8.13. The SMILES string of the molecule is CNC(=O)CCc1cccc(C)c1. The Morgan fingerprint density at radius 2 is 2.23 bits per heavy atom. The van der Waals surface area contributed by atoms with Crippen molar-refractivity contribution in [2.24, 2.45) is 0 Å². The summed E-state index contributed by atoms with van der Waals surface area (Å²) >= 11 is 0. The predicted octanol–water partition coefficient (Wildman–Crippen LogP) is 1.67. The zero-order valence-electron chi connectivity index (χ0n) is 8.13. The van der Waals surface area contributed by atoms with Crippen molar-refractivity contribution >= 4 is 5.91 Å². The molecule has 0 aliphatic carbocycles. The highest BCUT2D eigenvalue weighted by atomic mass is 16.1. The summed E-state index contributed by atoms with van der Waals surface area (Å²) in [7, 11) is 1.67. The fourth-order valence-electron chi connectivity index (χ4n) is 1.25. The number of hydrogen-bond acceptors (Lipinski definition) is 1. The first-order chi connectivity index (χ1) is 6.22. The van der Waals surface area contributed by atoms with Gasteiger partial charge in [0.15, 0.2) is 0 Å². The Morgan fingerprint density at radius 3 is 2.85 bits per heavy atom. The first kappa shape index (κ1) is 9.78. The molecule has 0 atom stereocenters. The molecule has 13 heavy (non-hydrogen) atoms. The molecule has 1 aromatic carbocycles. The van der Waals surface area contributed by atoms with Crippen LogP contribution in [0.3, 0.4) is 0 Å². The minimum Gasteiger partial charge on any atom is -0.359 e. The molecule has 0 heterocycles. The highest BCUT2D eigenvalue weighted by molar-refractivity contribution is 5.75.